The Morgan fingerprint density at radius 2 is 2.35 bits per heavy atom. The van der Waals surface area contributed by atoms with Crippen LogP contribution in [-0.4, -0.2) is 38.9 Å². The SMILES string of the molecule is CS(=O)CCNC(=O)c1n[nH]c(C2CC2)c1N. The summed E-state index contributed by atoms with van der Waals surface area (Å²) in [6, 6.07) is 0. The zero-order valence-corrected chi connectivity index (χ0v) is 10.5. The second-order valence-electron chi connectivity index (χ2n) is 4.21. The number of aromatic nitrogens is 2. The summed E-state index contributed by atoms with van der Waals surface area (Å²) in [6.45, 7) is 0.368. The zero-order valence-electron chi connectivity index (χ0n) is 9.66. The second-order valence-corrected chi connectivity index (χ2v) is 5.76. The molecule has 0 bridgehead atoms. The molecule has 0 aromatic carbocycles. The third-order valence-electron chi connectivity index (χ3n) is 2.71. The van der Waals surface area contributed by atoms with Gasteiger partial charge in [-0.15, -0.1) is 0 Å². The van der Waals surface area contributed by atoms with Crippen LogP contribution in [0.3, 0.4) is 0 Å². The maximum atomic E-state index is 11.7. The molecule has 1 aliphatic rings. The van der Waals surface area contributed by atoms with Gasteiger partial charge in [-0.05, 0) is 12.8 Å². The average Bonchev–Trinajstić information content (AvgIpc) is 3.02. The normalized spacial score (nSPS) is 16.8. The molecular weight excluding hydrogens is 240 g/mol. The molecular formula is C10H16N4O2S. The molecule has 7 heteroatoms. The lowest BCUT2D eigenvalue weighted by Gasteiger charge is -2.02. The van der Waals surface area contributed by atoms with Gasteiger partial charge in [0, 0.05) is 35.3 Å². The first-order valence-electron chi connectivity index (χ1n) is 5.51. The maximum Gasteiger partial charge on any atom is 0.273 e. The van der Waals surface area contributed by atoms with Crippen LogP contribution in [0.5, 0.6) is 0 Å². The van der Waals surface area contributed by atoms with E-state index in [1.807, 2.05) is 0 Å². The molecule has 1 aromatic heterocycles. The summed E-state index contributed by atoms with van der Waals surface area (Å²) in [5, 5.41) is 9.41. The van der Waals surface area contributed by atoms with Crippen LogP contribution in [0.4, 0.5) is 5.69 Å². The van der Waals surface area contributed by atoms with Crippen molar-refractivity contribution in [2.75, 3.05) is 24.3 Å². The summed E-state index contributed by atoms with van der Waals surface area (Å²) in [7, 11) is -0.910. The van der Waals surface area contributed by atoms with Crippen molar-refractivity contribution in [1.82, 2.24) is 15.5 Å². The van der Waals surface area contributed by atoms with Crippen LogP contribution in [0.25, 0.3) is 0 Å². The van der Waals surface area contributed by atoms with Crippen molar-refractivity contribution in [1.29, 1.82) is 0 Å². The molecule has 1 heterocycles. The standard InChI is InChI=1S/C10H16N4O2S/c1-17(16)5-4-12-10(15)9-7(11)8(13-14-9)6-2-3-6/h6H,2-5,11H2,1H3,(H,12,15)(H,13,14). The van der Waals surface area contributed by atoms with Crippen LogP contribution in [0, 0.1) is 0 Å². The fraction of sp³-hybridized carbons (Fsp3) is 0.600. The highest BCUT2D eigenvalue weighted by molar-refractivity contribution is 7.84. The topological polar surface area (TPSA) is 101 Å². The summed E-state index contributed by atoms with van der Waals surface area (Å²) in [5.74, 6) is 0.564. The number of nitrogens with zero attached hydrogens (tertiary/aromatic N) is 1. The van der Waals surface area contributed by atoms with E-state index < -0.39 is 10.8 Å². The lowest BCUT2D eigenvalue weighted by molar-refractivity contribution is 0.0952. The fourth-order valence-electron chi connectivity index (χ4n) is 1.61. The van der Waals surface area contributed by atoms with Gasteiger partial charge in [0.1, 0.15) is 0 Å². The van der Waals surface area contributed by atoms with E-state index in [2.05, 4.69) is 15.5 Å². The van der Waals surface area contributed by atoms with Gasteiger partial charge in [-0.25, -0.2) is 0 Å². The van der Waals surface area contributed by atoms with E-state index in [9.17, 15) is 9.00 Å². The van der Waals surface area contributed by atoms with Gasteiger partial charge in [0.2, 0.25) is 0 Å². The van der Waals surface area contributed by atoms with Crippen LogP contribution in [0.15, 0.2) is 0 Å². The quantitative estimate of drug-likeness (QED) is 0.689. The van der Waals surface area contributed by atoms with Gasteiger partial charge >= 0.3 is 0 Å². The van der Waals surface area contributed by atoms with Gasteiger partial charge in [0.25, 0.3) is 5.91 Å². The molecule has 6 nitrogen and oxygen atoms in total. The Balaban J connectivity index is 1.96. The fourth-order valence-corrected chi connectivity index (χ4v) is 2.00. The number of rotatable bonds is 5. The van der Waals surface area contributed by atoms with Gasteiger partial charge in [0.15, 0.2) is 5.69 Å². The number of anilines is 1. The smallest absolute Gasteiger partial charge is 0.273 e. The van der Waals surface area contributed by atoms with E-state index in [4.69, 9.17) is 5.73 Å². The summed E-state index contributed by atoms with van der Waals surface area (Å²) in [4.78, 5) is 11.7. The first-order valence-corrected chi connectivity index (χ1v) is 7.24. The third-order valence-corrected chi connectivity index (χ3v) is 3.49. The molecule has 0 radical (unpaired) electrons. The van der Waals surface area contributed by atoms with Crippen molar-refractivity contribution < 1.29 is 9.00 Å². The number of nitrogens with one attached hydrogen (secondary N) is 2. The Bertz CT molecular complexity index is 453. The maximum absolute atomic E-state index is 11.7. The lowest BCUT2D eigenvalue weighted by atomic mass is 10.2. The number of H-pyrrole nitrogens is 1. The van der Waals surface area contributed by atoms with Crippen LogP contribution in [0.2, 0.25) is 0 Å². The van der Waals surface area contributed by atoms with Gasteiger partial charge in [0.05, 0.1) is 11.4 Å². The number of amides is 1. The predicted octanol–water partition coefficient (Wildman–Crippen LogP) is -0.0224. The first-order chi connectivity index (χ1) is 8.09. The highest BCUT2D eigenvalue weighted by Crippen LogP contribution is 2.42. The number of hydrogen-bond donors (Lipinski definition) is 3. The minimum absolute atomic E-state index is 0.244. The minimum Gasteiger partial charge on any atom is -0.395 e. The molecule has 0 aliphatic heterocycles. The Morgan fingerprint density at radius 3 is 2.94 bits per heavy atom. The van der Waals surface area contributed by atoms with Gasteiger partial charge in [-0.3, -0.25) is 14.1 Å². The van der Waals surface area contributed by atoms with E-state index in [-0.39, 0.29) is 11.6 Å². The largest absolute Gasteiger partial charge is 0.395 e. The molecule has 1 aromatic rings. The second kappa shape index (κ2) is 4.87. The van der Waals surface area contributed by atoms with Crippen molar-refractivity contribution in [2.24, 2.45) is 0 Å². The average molecular weight is 256 g/mol. The summed E-state index contributed by atoms with van der Waals surface area (Å²) < 4.78 is 10.8. The predicted molar refractivity (Wildman–Crippen MR) is 66.2 cm³/mol. The van der Waals surface area contributed by atoms with Crippen molar-refractivity contribution >= 4 is 22.4 Å². The minimum atomic E-state index is -0.910. The molecule has 0 saturated heterocycles. The summed E-state index contributed by atoms with van der Waals surface area (Å²) in [6.07, 6.45) is 3.80. The molecule has 1 aliphatic carbocycles. The van der Waals surface area contributed by atoms with E-state index in [0.717, 1.165) is 18.5 Å². The Labute approximate surface area is 102 Å². The number of nitrogen functional groups attached to an aromatic ring is 1. The highest BCUT2D eigenvalue weighted by Gasteiger charge is 2.30. The number of aromatic amines is 1. The molecule has 1 unspecified atom stereocenters. The van der Waals surface area contributed by atoms with Gasteiger partial charge in [-0.1, -0.05) is 0 Å². The van der Waals surface area contributed by atoms with Crippen LogP contribution < -0.4 is 11.1 Å². The Kier molecular flexibility index (Phi) is 3.46. The highest BCUT2D eigenvalue weighted by atomic mass is 32.2. The zero-order chi connectivity index (χ0) is 12.4. The molecule has 4 N–H and O–H groups in total. The van der Waals surface area contributed by atoms with E-state index >= 15 is 0 Å². The van der Waals surface area contributed by atoms with Crippen molar-refractivity contribution in [3.63, 3.8) is 0 Å². The number of hydrogen-bond acceptors (Lipinski definition) is 4. The lowest BCUT2D eigenvalue weighted by Crippen LogP contribution is -2.28. The molecule has 94 valence electrons. The van der Waals surface area contributed by atoms with Crippen molar-refractivity contribution in [3.05, 3.63) is 11.4 Å². The molecule has 17 heavy (non-hydrogen) atoms. The third kappa shape index (κ3) is 2.85. The molecule has 1 saturated carbocycles. The molecule has 0 spiro atoms. The van der Waals surface area contributed by atoms with Gasteiger partial charge in [-0.2, -0.15) is 5.10 Å². The van der Waals surface area contributed by atoms with Crippen molar-refractivity contribution in [3.8, 4) is 0 Å². The summed E-state index contributed by atoms with van der Waals surface area (Å²) >= 11 is 0. The molecule has 1 amide bonds. The van der Waals surface area contributed by atoms with Crippen molar-refractivity contribution in [2.45, 2.75) is 18.8 Å². The number of carbonyl (C=O) groups excluding carboxylic acids is 1. The van der Waals surface area contributed by atoms with E-state index in [1.54, 1.807) is 6.26 Å². The van der Waals surface area contributed by atoms with Gasteiger partial charge < -0.3 is 11.1 Å². The van der Waals surface area contributed by atoms with Crippen LogP contribution in [-0.2, 0) is 10.8 Å². The summed E-state index contributed by atoms with van der Waals surface area (Å²) in [5.41, 5.74) is 7.42. The van der Waals surface area contributed by atoms with E-state index in [1.165, 1.54) is 0 Å². The molecule has 1 fully saturated rings. The van der Waals surface area contributed by atoms with E-state index in [0.29, 0.717) is 23.9 Å². The monoisotopic (exact) mass is 256 g/mol. The Hall–Kier alpha value is -1.37. The molecule has 1 atom stereocenters. The Morgan fingerprint density at radius 1 is 1.65 bits per heavy atom. The number of carbonyl (C=O) groups is 1. The first kappa shape index (κ1) is 12.1. The van der Waals surface area contributed by atoms with Crippen LogP contribution in [0.1, 0.15) is 34.9 Å². The van der Waals surface area contributed by atoms with Crippen LogP contribution >= 0.6 is 0 Å². The number of nitrogens with two attached hydrogens (primary N) is 1. The molecule has 2 rings (SSSR count).